The molecule has 6 nitrogen and oxygen atoms in total. The van der Waals surface area contributed by atoms with Gasteiger partial charge in [0.25, 0.3) is 0 Å². The van der Waals surface area contributed by atoms with Gasteiger partial charge in [0, 0.05) is 42.1 Å². The highest BCUT2D eigenvalue weighted by Crippen LogP contribution is 2.27. The molecule has 0 saturated heterocycles. The van der Waals surface area contributed by atoms with Gasteiger partial charge in [0.15, 0.2) is 5.82 Å². The van der Waals surface area contributed by atoms with Crippen LogP contribution in [-0.2, 0) is 11.8 Å². The fourth-order valence-electron chi connectivity index (χ4n) is 2.65. The number of carbonyl (C=O) groups is 2. The molecule has 3 rings (SSSR count). The summed E-state index contributed by atoms with van der Waals surface area (Å²) in [5, 5.41) is 3.77. The Bertz CT molecular complexity index is 1020. The van der Waals surface area contributed by atoms with Crippen molar-refractivity contribution in [1.29, 1.82) is 0 Å². The van der Waals surface area contributed by atoms with Gasteiger partial charge in [-0.25, -0.2) is 4.98 Å². The van der Waals surface area contributed by atoms with Gasteiger partial charge in [0.1, 0.15) is 5.75 Å². The van der Waals surface area contributed by atoms with Gasteiger partial charge in [0.05, 0.1) is 11.6 Å². The molecule has 0 spiro atoms. The van der Waals surface area contributed by atoms with Crippen LogP contribution in [0.2, 0.25) is 10.0 Å². The molecule has 3 aromatic rings. The fourth-order valence-corrected chi connectivity index (χ4v) is 3.11. The summed E-state index contributed by atoms with van der Waals surface area (Å²) in [6.45, 7) is 0.353. The number of nitrogens with one attached hydrogen (secondary N) is 1. The number of ether oxygens (including phenoxy) is 1. The number of ketones is 1. The minimum atomic E-state index is -0.173. The molecule has 0 unspecified atom stereocenters. The standard InChI is InChI=1S/C21H19Cl2N3O3/c1-26-11-10-24-21(26)20(28)14-4-7-16(8-5-14)25-19(27)3-2-12-29-18-9-6-15(22)13-17(18)23/h4-11,13H,2-3,12H2,1H3,(H,25,27). The normalized spacial score (nSPS) is 10.6. The van der Waals surface area contributed by atoms with E-state index in [1.54, 1.807) is 66.5 Å². The predicted octanol–water partition coefficient (Wildman–Crippen LogP) is 4.76. The molecule has 0 radical (unpaired) electrons. The molecule has 0 fully saturated rings. The maximum absolute atomic E-state index is 12.4. The van der Waals surface area contributed by atoms with Crippen molar-refractivity contribution in [3.63, 3.8) is 0 Å². The summed E-state index contributed by atoms with van der Waals surface area (Å²) in [5.41, 5.74) is 1.12. The summed E-state index contributed by atoms with van der Waals surface area (Å²) < 4.78 is 7.23. The highest BCUT2D eigenvalue weighted by molar-refractivity contribution is 6.35. The van der Waals surface area contributed by atoms with Gasteiger partial charge in [-0.05, 0) is 48.9 Å². The lowest BCUT2D eigenvalue weighted by atomic mass is 10.1. The Morgan fingerprint density at radius 2 is 1.90 bits per heavy atom. The van der Waals surface area contributed by atoms with Crippen LogP contribution in [0.1, 0.15) is 29.0 Å². The molecule has 1 aromatic heterocycles. The van der Waals surface area contributed by atoms with E-state index in [1.165, 1.54) is 0 Å². The van der Waals surface area contributed by atoms with Crippen LogP contribution < -0.4 is 10.1 Å². The van der Waals surface area contributed by atoms with Crippen LogP contribution in [0.25, 0.3) is 0 Å². The van der Waals surface area contributed by atoms with Crippen molar-refractivity contribution in [3.8, 4) is 5.75 Å². The maximum atomic E-state index is 12.4. The van der Waals surface area contributed by atoms with Gasteiger partial charge in [-0.1, -0.05) is 23.2 Å². The number of anilines is 1. The van der Waals surface area contributed by atoms with Crippen molar-refractivity contribution in [1.82, 2.24) is 9.55 Å². The van der Waals surface area contributed by atoms with Crippen molar-refractivity contribution in [2.45, 2.75) is 12.8 Å². The second-order valence-corrected chi connectivity index (χ2v) is 7.19. The molecule has 8 heteroatoms. The number of nitrogens with zero attached hydrogens (tertiary/aromatic N) is 2. The number of aryl methyl sites for hydroxylation is 1. The molecule has 2 aromatic carbocycles. The first kappa shape index (κ1) is 20.9. The van der Waals surface area contributed by atoms with E-state index in [-0.39, 0.29) is 11.7 Å². The SMILES string of the molecule is Cn1ccnc1C(=O)c1ccc(NC(=O)CCCOc2ccc(Cl)cc2Cl)cc1. The van der Waals surface area contributed by atoms with Gasteiger partial charge in [-0.2, -0.15) is 0 Å². The molecule has 1 amide bonds. The molecule has 0 bridgehead atoms. The highest BCUT2D eigenvalue weighted by atomic mass is 35.5. The van der Waals surface area contributed by atoms with Crippen LogP contribution in [0.4, 0.5) is 5.69 Å². The number of aromatic nitrogens is 2. The Morgan fingerprint density at radius 1 is 1.14 bits per heavy atom. The molecular formula is C21H19Cl2N3O3. The number of hydrogen-bond acceptors (Lipinski definition) is 4. The minimum Gasteiger partial charge on any atom is -0.492 e. The molecule has 0 aliphatic heterocycles. The molecule has 1 heterocycles. The third-order valence-corrected chi connectivity index (χ3v) is 4.69. The molecule has 1 N–H and O–H groups in total. The van der Waals surface area contributed by atoms with E-state index in [0.29, 0.717) is 52.3 Å². The number of benzene rings is 2. The lowest BCUT2D eigenvalue weighted by Crippen LogP contribution is -2.13. The maximum Gasteiger partial charge on any atom is 0.228 e. The molecule has 0 aliphatic rings. The Kier molecular flexibility index (Phi) is 6.90. The van der Waals surface area contributed by atoms with Gasteiger partial charge in [-0.3, -0.25) is 9.59 Å². The molecule has 0 atom stereocenters. The zero-order valence-corrected chi connectivity index (χ0v) is 17.2. The number of rotatable bonds is 8. The number of imidazole rings is 1. The van der Waals surface area contributed by atoms with Crippen molar-refractivity contribution in [3.05, 3.63) is 76.3 Å². The quantitative estimate of drug-likeness (QED) is 0.412. The Hall–Kier alpha value is -2.83. The largest absolute Gasteiger partial charge is 0.492 e. The van der Waals surface area contributed by atoms with Crippen LogP contribution in [0, 0.1) is 0 Å². The molecular weight excluding hydrogens is 413 g/mol. The highest BCUT2D eigenvalue weighted by Gasteiger charge is 2.13. The van der Waals surface area contributed by atoms with Crippen molar-refractivity contribution >= 4 is 40.6 Å². The number of hydrogen-bond donors (Lipinski definition) is 1. The van der Waals surface area contributed by atoms with Gasteiger partial charge < -0.3 is 14.6 Å². The molecule has 29 heavy (non-hydrogen) atoms. The number of amides is 1. The van der Waals surface area contributed by atoms with Crippen molar-refractivity contribution in [2.75, 3.05) is 11.9 Å². The third-order valence-electron chi connectivity index (χ3n) is 4.15. The fraction of sp³-hybridized carbons (Fsp3) is 0.190. The monoisotopic (exact) mass is 431 g/mol. The van der Waals surface area contributed by atoms with Crippen LogP contribution in [-0.4, -0.2) is 27.8 Å². The van der Waals surface area contributed by atoms with E-state index in [9.17, 15) is 9.59 Å². The Morgan fingerprint density at radius 3 is 2.55 bits per heavy atom. The molecule has 0 aliphatic carbocycles. The second-order valence-electron chi connectivity index (χ2n) is 6.34. The van der Waals surface area contributed by atoms with E-state index in [4.69, 9.17) is 27.9 Å². The van der Waals surface area contributed by atoms with E-state index in [1.807, 2.05) is 0 Å². The summed E-state index contributed by atoms with van der Waals surface area (Å²) in [7, 11) is 1.76. The van der Waals surface area contributed by atoms with E-state index in [2.05, 4.69) is 10.3 Å². The first-order valence-corrected chi connectivity index (χ1v) is 9.69. The minimum absolute atomic E-state index is 0.140. The lowest BCUT2D eigenvalue weighted by molar-refractivity contribution is -0.116. The van der Waals surface area contributed by atoms with Crippen LogP contribution in [0.3, 0.4) is 0 Å². The van der Waals surface area contributed by atoms with E-state index >= 15 is 0 Å². The summed E-state index contributed by atoms with van der Waals surface area (Å²) in [4.78, 5) is 28.5. The van der Waals surface area contributed by atoms with Crippen molar-refractivity contribution in [2.24, 2.45) is 7.05 Å². The van der Waals surface area contributed by atoms with Crippen LogP contribution in [0.5, 0.6) is 5.75 Å². The van der Waals surface area contributed by atoms with Gasteiger partial charge in [0.2, 0.25) is 11.7 Å². The Labute approximate surface area is 178 Å². The topological polar surface area (TPSA) is 73.2 Å². The summed E-state index contributed by atoms with van der Waals surface area (Å²) in [6, 6.07) is 11.7. The number of carbonyl (C=O) groups excluding carboxylic acids is 2. The average molecular weight is 432 g/mol. The second kappa shape index (κ2) is 9.58. The van der Waals surface area contributed by atoms with Crippen LogP contribution in [0.15, 0.2) is 54.9 Å². The van der Waals surface area contributed by atoms with Crippen molar-refractivity contribution < 1.29 is 14.3 Å². The first-order valence-electron chi connectivity index (χ1n) is 8.94. The summed E-state index contributed by atoms with van der Waals surface area (Å²) in [5.74, 6) is 0.583. The first-order chi connectivity index (χ1) is 13.9. The van der Waals surface area contributed by atoms with E-state index < -0.39 is 0 Å². The third kappa shape index (κ3) is 5.59. The zero-order valence-electron chi connectivity index (χ0n) is 15.7. The predicted molar refractivity (Wildman–Crippen MR) is 113 cm³/mol. The van der Waals surface area contributed by atoms with Gasteiger partial charge >= 0.3 is 0 Å². The zero-order chi connectivity index (χ0) is 20.8. The number of halogens is 2. The smallest absolute Gasteiger partial charge is 0.228 e. The summed E-state index contributed by atoms with van der Waals surface area (Å²) >= 11 is 11.9. The van der Waals surface area contributed by atoms with Gasteiger partial charge in [-0.15, -0.1) is 0 Å². The van der Waals surface area contributed by atoms with E-state index in [0.717, 1.165) is 0 Å². The average Bonchev–Trinajstić information content (AvgIpc) is 3.12. The lowest BCUT2D eigenvalue weighted by Gasteiger charge is -2.09. The summed E-state index contributed by atoms with van der Waals surface area (Å²) in [6.07, 6.45) is 4.11. The van der Waals surface area contributed by atoms with Crippen LogP contribution >= 0.6 is 23.2 Å². The molecule has 0 saturated carbocycles. The molecule has 150 valence electrons. The Balaban J connectivity index is 1.46.